The lowest BCUT2D eigenvalue weighted by molar-refractivity contribution is 0.0526. The van der Waals surface area contributed by atoms with Crippen molar-refractivity contribution in [3.8, 4) is 0 Å². The molecule has 2 aliphatic rings. The molecule has 0 unspecified atom stereocenters. The molecular weight excluding hydrogens is 446 g/mol. The normalized spacial score (nSPS) is 15.9. The maximum atomic E-state index is 12.1. The van der Waals surface area contributed by atoms with Crippen LogP contribution >= 0.6 is 11.6 Å². The van der Waals surface area contributed by atoms with Crippen molar-refractivity contribution in [2.24, 2.45) is 0 Å². The van der Waals surface area contributed by atoms with Crippen LogP contribution in [-0.4, -0.2) is 40.5 Å². The third kappa shape index (κ3) is 4.77. The van der Waals surface area contributed by atoms with E-state index >= 15 is 0 Å². The van der Waals surface area contributed by atoms with E-state index in [4.69, 9.17) is 21.3 Å². The molecule has 1 aliphatic heterocycles. The highest BCUT2D eigenvalue weighted by atomic mass is 35.5. The number of nitrogens with zero attached hydrogens (tertiary/aromatic N) is 3. The molecule has 0 amide bonds. The highest BCUT2D eigenvalue weighted by molar-refractivity contribution is 6.30. The third-order valence-electron chi connectivity index (χ3n) is 6.65. The molecule has 1 aromatic carbocycles. The van der Waals surface area contributed by atoms with E-state index in [2.05, 4.69) is 28.1 Å². The summed E-state index contributed by atoms with van der Waals surface area (Å²) in [6, 6.07) is 14.1. The summed E-state index contributed by atoms with van der Waals surface area (Å²) in [7, 11) is 0. The fourth-order valence-corrected chi connectivity index (χ4v) is 5.19. The van der Waals surface area contributed by atoms with Crippen molar-refractivity contribution < 1.29 is 9.53 Å². The Morgan fingerprint density at radius 3 is 2.65 bits per heavy atom. The lowest BCUT2D eigenvalue weighted by Gasteiger charge is -2.30. The molecule has 0 radical (unpaired) electrons. The molecule has 0 saturated carbocycles. The lowest BCUT2D eigenvalue weighted by Crippen LogP contribution is -2.31. The van der Waals surface area contributed by atoms with Gasteiger partial charge in [-0.25, -0.2) is 4.79 Å². The molecule has 5 rings (SSSR count). The van der Waals surface area contributed by atoms with Crippen LogP contribution in [-0.2, 0) is 24.1 Å². The van der Waals surface area contributed by atoms with Gasteiger partial charge in [0, 0.05) is 42.6 Å². The molecule has 1 aliphatic carbocycles. The zero-order valence-corrected chi connectivity index (χ0v) is 20.1. The van der Waals surface area contributed by atoms with E-state index in [1.807, 2.05) is 31.3 Å². The van der Waals surface area contributed by atoms with Crippen molar-refractivity contribution >= 4 is 23.1 Å². The first-order chi connectivity index (χ1) is 16.6. The zero-order valence-electron chi connectivity index (χ0n) is 19.4. The van der Waals surface area contributed by atoms with Gasteiger partial charge in [0.15, 0.2) is 0 Å². The predicted octanol–water partition coefficient (Wildman–Crippen LogP) is 5.50. The van der Waals surface area contributed by atoms with E-state index in [0.29, 0.717) is 12.2 Å². The maximum Gasteiger partial charge on any atom is 0.338 e. The summed E-state index contributed by atoms with van der Waals surface area (Å²) >= 11 is 6.35. The van der Waals surface area contributed by atoms with Crippen LogP contribution in [0, 0.1) is 0 Å². The van der Waals surface area contributed by atoms with Crippen LogP contribution in [0.15, 0.2) is 60.4 Å². The number of benzene rings is 1. The largest absolute Gasteiger partial charge is 0.462 e. The summed E-state index contributed by atoms with van der Waals surface area (Å²) < 4.78 is 5.13. The summed E-state index contributed by atoms with van der Waals surface area (Å²) in [5.74, 6) is -0.296. The number of pyridine rings is 2. The van der Waals surface area contributed by atoms with Crippen molar-refractivity contribution in [3.63, 3.8) is 0 Å². The Balaban J connectivity index is 1.39. The smallest absolute Gasteiger partial charge is 0.338 e. The number of aromatic nitrogens is 2. The van der Waals surface area contributed by atoms with Crippen LogP contribution in [0.4, 0.5) is 0 Å². The van der Waals surface area contributed by atoms with Gasteiger partial charge in [-0.2, -0.15) is 0 Å². The van der Waals surface area contributed by atoms with E-state index < -0.39 is 0 Å². The number of halogens is 1. The van der Waals surface area contributed by atoms with Crippen molar-refractivity contribution in [2.75, 3.05) is 19.7 Å². The molecule has 0 N–H and O–H groups in total. The van der Waals surface area contributed by atoms with Crippen molar-refractivity contribution in [2.45, 2.75) is 39.2 Å². The van der Waals surface area contributed by atoms with E-state index in [1.165, 1.54) is 27.8 Å². The standard InChI is InChI=1S/C28H28ClN3O2/c1-2-34-28(33)22-9-13-30-24(17-22)18-32-14-10-19(11-15-32)26-25-8-7-23(29)16-21(25)6-5-20-4-3-12-31-27(20)26/h3-4,7-9,12-13,16-17H,2,5-6,10-11,14-15,18H2,1H3. The van der Waals surface area contributed by atoms with Crippen LogP contribution in [0.1, 0.15) is 58.2 Å². The van der Waals surface area contributed by atoms with Crippen LogP contribution in [0.3, 0.4) is 0 Å². The Morgan fingerprint density at radius 2 is 1.82 bits per heavy atom. The van der Waals surface area contributed by atoms with E-state index in [-0.39, 0.29) is 5.97 Å². The minimum absolute atomic E-state index is 0.296. The van der Waals surface area contributed by atoms with Crippen molar-refractivity contribution in [1.82, 2.24) is 14.9 Å². The van der Waals surface area contributed by atoms with Crippen LogP contribution < -0.4 is 0 Å². The first-order valence-electron chi connectivity index (χ1n) is 11.9. The van der Waals surface area contributed by atoms with Gasteiger partial charge in [-0.1, -0.05) is 29.3 Å². The minimum Gasteiger partial charge on any atom is -0.462 e. The predicted molar refractivity (Wildman–Crippen MR) is 134 cm³/mol. The summed E-state index contributed by atoms with van der Waals surface area (Å²) in [4.78, 5) is 23.8. The highest BCUT2D eigenvalue weighted by Crippen LogP contribution is 2.38. The molecule has 0 bridgehead atoms. The number of piperidine rings is 1. The molecule has 1 saturated heterocycles. The van der Waals surface area contributed by atoms with Crippen LogP contribution in [0.2, 0.25) is 5.02 Å². The van der Waals surface area contributed by atoms with Crippen molar-refractivity contribution in [1.29, 1.82) is 0 Å². The molecule has 0 spiro atoms. The quantitative estimate of drug-likeness (QED) is 0.468. The highest BCUT2D eigenvalue weighted by Gasteiger charge is 2.25. The number of likely N-dealkylation sites (tertiary alicyclic amines) is 1. The number of rotatable bonds is 4. The molecule has 34 heavy (non-hydrogen) atoms. The first-order valence-corrected chi connectivity index (χ1v) is 12.3. The Hall–Kier alpha value is -3.02. The fraction of sp³-hybridized carbons (Fsp3) is 0.321. The van der Waals surface area contributed by atoms with E-state index in [0.717, 1.165) is 61.7 Å². The molecule has 1 fully saturated rings. The number of esters is 1. The molecule has 174 valence electrons. The SMILES string of the molecule is CCOC(=O)c1ccnc(CN2CCC(=C3c4ccc(Cl)cc4CCc4cccnc43)CC2)c1. The molecule has 6 heteroatoms. The Morgan fingerprint density at radius 1 is 1.00 bits per heavy atom. The average Bonchev–Trinajstić information content (AvgIpc) is 3.01. The third-order valence-corrected chi connectivity index (χ3v) is 6.89. The van der Waals surface area contributed by atoms with Gasteiger partial charge in [-0.05, 0) is 79.6 Å². The number of carbonyl (C=O) groups excluding carboxylic acids is 1. The molecule has 2 aromatic heterocycles. The Kier molecular flexibility index (Phi) is 6.75. The monoisotopic (exact) mass is 473 g/mol. The Bertz CT molecular complexity index is 1240. The summed E-state index contributed by atoms with van der Waals surface area (Å²) in [5.41, 5.74) is 9.20. The minimum atomic E-state index is -0.296. The number of fused-ring (bicyclic) bond motifs is 2. The second kappa shape index (κ2) is 10.1. The molecule has 0 atom stereocenters. The van der Waals surface area contributed by atoms with Gasteiger partial charge in [-0.15, -0.1) is 0 Å². The number of hydrogen-bond acceptors (Lipinski definition) is 5. The summed E-state index contributed by atoms with van der Waals surface area (Å²) in [6.45, 7) is 4.78. The van der Waals surface area contributed by atoms with Gasteiger partial charge in [0.1, 0.15) is 0 Å². The molecule has 3 heterocycles. The topological polar surface area (TPSA) is 55.3 Å². The van der Waals surface area contributed by atoms with Gasteiger partial charge >= 0.3 is 5.97 Å². The van der Waals surface area contributed by atoms with E-state index in [9.17, 15) is 4.79 Å². The first kappa shape index (κ1) is 22.8. The second-order valence-corrected chi connectivity index (χ2v) is 9.26. The second-order valence-electron chi connectivity index (χ2n) is 8.82. The van der Waals surface area contributed by atoms with Gasteiger partial charge < -0.3 is 4.74 Å². The van der Waals surface area contributed by atoms with Gasteiger partial charge in [0.25, 0.3) is 0 Å². The number of hydrogen-bond donors (Lipinski definition) is 0. The number of aryl methyl sites for hydroxylation is 2. The molecule has 3 aromatic rings. The number of ether oxygens (including phenoxy) is 1. The summed E-state index contributed by atoms with van der Waals surface area (Å²) in [5, 5.41) is 0.786. The van der Waals surface area contributed by atoms with Crippen LogP contribution in [0.25, 0.3) is 5.57 Å². The van der Waals surface area contributed by atoms with Gasteiger partial charge in [0.2, 0.25) is 0 Å². The van der Waals surface area contributed by atoms with E-state index in [1.54, 1.807) is 12.3 Å². The zero-order chi connectivity index (χ0) is 23.5. The fourth-order valence-electron chi connectivity index (χ4n) is 5.00. The average molecular weight is 474 g/mol. The van der Waals surface area contributed by atoms with Crippen molar-refractivity contribution in [3.05, 3.63) is 99.1 Å². The lowest BCUT2D eigenvalue weighted by atomic mass is 9.88. The molecule has 5 nitrogen and oxygen atoms in total. The van der Waals surface area contributed by atoms with Gasteiger partial charge in [-0.3, -0.25) is 14.9 Å². The van der Waals surface area contributed by atoms with Crippen LogP contribution in [0.5, 0.6) is 0 Å². The molecular formula is C28H28ClN3O2. The Labute approximate surface area is 205 Å². The summed E-state index contributed by atoms with van der Waals surface area (Å²) in [6.07, 6.45) is 7.49. The number of carbonyl (C=O) groups is 1. The maximum absolute atomic E-state index is 12.1. The van der Waals surface area contributed by atoms with Gasteiger partial charge in [0.05, 0.1) is 23.6 Å².